The van der Waals surface area contributed by atoms with Crippen LogP contribution in [-0.4, -0.2) is 44.8 Å². The molecule has 0 spiro atoms. The van der Waals surface area contributed by atoms with Crippen LogP contribution in [0.5, 0.6) is 0 Å². The minimum atomic E-state index is -0.0431. The number of likely N-dealkylation sites (N-methyl/N-ethyl adjacent to an activating group) is 1. The van der Waals surface area contributed by atoms with E-state index < -0.39 is 0 Å². The SMILES string of the molecule is CN1CCCC(n2ncc3c(=O)[nH]c(CC4CCCC4)nc32)C1. The normalized spacial score (nSPS) is 23.8. The van der Waals surface area contributed by atoms with Gasteiger partial charge in [-0.3, -0.25) is 4.79 Å². The third-order valence-electron chi connectivity index (χ3n) is 5.41. The highest BCUT2D eigenvalue weighted by molar-refractivity contribution is 5.73. The summed E-state index contributed by atoms with van der Waals surface area (Å²) >= 11 is 0. The lowest BCUT2D eigenvalue weighted by Crippen LogP contribution is -2.34. The molecule has 6 heteroatoms. The lowest BCUT2D eigenvalue weighted by Gasteiger charge is -2.29. The van der Waals surface area contributed by atoms with Crippen molar-refractivity contribution in [2.45, 2.75) is 51.0 Å². The highest BCUT2D eigenvalue weighted by atomic mass is 16.1. The highest BCUT2D eigenvalue weighted by Crippen LogP contribution is 2.27. The maximum Gasteiger partial charge on any atom is 0.262 e. The molecule has 0 radical (unpaired) electrons. The first-order valence-corrected chi connectivity index (χ1v) is 8.85. The fourth-order valence-corrected chi connectivity index (χ4v) is 4.17. The van der Waals surface area contributed by atoms with Crippen molar-refractivity contribution in [1.29, 1.82) is 0 Å². The Kier molecular flexibility index (Phi) is 3.93. The highest BCUT2D eigenvalue weighted by Gasteiger charge is 2.23. The zero-order valence-electron chi connectivity index (χ0n) is 13.8. The molecule has 2 aromatic heterocycles. The summed E-state index contributed by atoms with van der Waals surface area (Å²) in [6.07, 6.45) is 9.97. The molecule has 2 aromatic rings. The molecule has 0 amide bonds. The number of nitrogens with zero attached hydrogens (tertiary/aromatic N) is 4. The van der Waals surface area contributed by atoms with E-state index in [-0.39, 0.29) is 5.56 Å². The molecule has 2 fully saturated rings. The van der Waals surface area contributed by atoms with E-state index in [2.05, 4.69) is 22.0 Å². The van der Waals surface area contributed by atoms with Crippen LogP contribution in [0.15, 0.2) is 11.0 Å². The molecule has 2 aliphatic rings. The first kappa shape index (κ1) is 14.9. The molecule has 1 aliphatic heterocycles. The van der Waals surface area contributed by atoms with Crippen molar-refractivity contribution in [2.75, 3.05) is 20.1 Å². The Morgan fingerprint density at radius 2 is 2.09 bits per heavy atom. The molecule has 1 aliphatic carbocycles. The zero-order chi connectivity index (χ0) is 15.8. The van der Waals surface area contributed by atoms with Gasteiger partial charge in [-0.05, 0) is 32.4 Å². The van der Waals surface area contributed by atoms with Crippen LogP contribution >= 0.6 is 0 Å². The molecule has 23 heavy (non-hydrogen) atoms. The van der Waals surface area contributed by atoms with Gasteiger partial charge in [-0.15, -0.1) is 0 Å². The van der Waals surface area contributed by atoms with Gasteiger partial charge in [-0.1, -0.05) is 25.7 Å². The van der Waals surface area contributed by atoms with E-state index in [0.717, 1.165) is 37.4 Å². The summed E-state index contributed by atoms with van der Waals surface area (Å²) in [4.78, 5) is 22.5. The summed E-state index contributed by atoms with van der Waals surface area (Å²) in [6, 6.07) is 0.319. The molecule has 1 N–H and O–H groups in total. The Bertz CT molecular complexity index is 743. The summed E-state index contributed by atoms with van der Waals surface area (Å²) in [5.41, 5.74) is 0.723. The molecule has 1 atom stereocenters. The Hall–Kier alpha value is -1.69. The number of piperidine rings is 1. The summed E-state index contributed by atoms with van der Waals surface area (Å²) in [7, 11) is 2.14. The molecule has 6 nitrogen and oxygen atoms in total. The van der Waals surface area contributed by atoms with Gasteiger partial charge in [0.1, 0.15) is 11.2 Å². The fraction of sp³-hybridized carbons (Fsp3) is 0.706. The van der Waals surface area contributed by atoms with Gasteiger partial charge in [-0.2, -0.15) is 5.10 Å². The molecule has 1 unspecified atom stereocenters. The number of rotatable bonds is 3. The smallest absolute Gasteiger partial charge is 0.262 e. The van der Waals surface area contributed by atoms with E-state index in [9.17, 15) is 4.79 Å². The second kappa shape index (κ2) is 6.07. The molecule has 124 valence electrons. The Balaban J connectivity index is 1.68. The third kappa shape index (κ3) is 2.92. The number of nitrogens with one attached hydrogen (secondary N) is 1. The van der Waals surface area contributed by atoms with Gasteiger partial charge >= 0.3 is 0 Å². The predicted octanol–water partition coefficient (Wildman–Crippen LogP) is 2.12. The van der Waals surface area contributed by atoms with Crippen LogP contribution in [0.2, 0.25) is 0 Å². The minimum Gasteiger partial charge on any atom is -0.310 e. The largest absolute Gasteiger partial charge is 0.310 e. The van der Waals surface area contributed by atoms with Crippen molar-refractivity contribution in [3.63, 3.8) is 0 Å². The third-order valence-corrected chi connectivity index (χ3v) is 5.41. The maximum atomic E-state index is 12.4. The van der Waals surface area contributed by atoms with Crippen molar-refractivity contribution in [2.24, 2.45) is 5.92 Å². The number of hydrogen-bond acceptors (Lipinski definition) is 4. The minimum absolute atomic E-state index is 0.0431. The molecule has 3 heterocycles. The average molecular weight is 315 g/mol. The van der Waals surface area contributed by atoms with Gasteiger partial charge in [0.15, 0.2) is 5.65 Å². The Morgan fingerprint density at radius 1 is 1.26 bits per heavy atom. The van der Waals surface area contributed by atoms with Gasteiger partial charge in [0.05, 0.1) is 12.2 Å². The monoisotopic (exact) mass is 315 g/mol. The first-order chi connectivity index (χ1) is 11.2. The van der Waals surface area contributed by atoms with Crippen molar-refractivity contribution >= 4 is 11.0 Å². The lowest BCUT2D eigenvalue weighted by molar-refractivity contribution is 0.205. The van der Waals surface area contributed by atoms with Gasteiger partial charge in [0, 0.05) is 13.0 Å². The van der Waals surface area contributed by atoms with Crippen LogP contribution in [-0.2, 0) is 6.42 Å². The molecule has 1 saturated carbocycles. The molecular formula is C17H25N5O. The van der Waals surface area contributed by atoms with Gasteiger partial charge in [0.25, 0.3) is 5.56 Å². The van der Waals surface area contributed by atoms with Crippen LogP contribution in [0, 0.1) is 5.92 Å². The first-order valence-electron chi connectivity index (χ1n) is 8.85. The van der Waals surface area contributed by atoms with Crippen LogP contribution < -0.4 is 5.56 Å². The van der Waals surface area contributed by atoms with Gasteiger partial charge in [0.2, 0.25) is 0 Å². The molecule has 4 rings (SSSR count). The zero-order valence-corrected chi connectivity index (χ0v) is 13.8. The van der Waals surface area contributed by atoms with E-state index in [4.69, 9.17) is 4.98 Å². The van der Waals surface area contributed by atoms with Crippen LogP contribution in [0.25, 0.3) is 11.0 Å². The van der Waals surface area contributed by atoms with E-state index in [1.165, 1.54) is 32.1 Å². The Morgan fingerprint density at radius 3 is 2.87 bits per heavy atom. The van der Waals surface area contributed by atoms with Gasteiger partial charge in [-0.25, -0.2) is 9.67 Å². The number of aromatic amines is 1. The molecular weight excluding hydrogens is 290 g/mol. The number of H-pyrrole nitrogens is 1. The second-order valence-electron chi connectivity index (χ2n) is 7.25. The van der Waals surface area contributed by atoms with Crippen molar-refractivity contribution in [1.82, 2.24) is 24.6 Å². The van der Waals surface area contributed by atoms with Crippen molar-refractivity contribution < 1.29 is 0 Å². The predicted molar refractivity (Wildman–Crippen MR) is 89.6 cm³/mol. The van der Waals surface area contributed by atoms with E-state index in [1.54, 1.807) is 6.20 Å². The summed E-state index contributed by atoms with van der Waals surface area (Å²) in [5.74, 6) is 1.51. The molecule has 0 aromatic carbocycles. The number of hydrogen-bond donors (Lipinski definition) is 1. The number of likely N-dealkylation sites (tertiary alicyclic amines) is 1. The van der Waals surface area contributed by atoms with E-state index in [0.29, 0.717) is 17.3 Å². The fourth-order valence-electron chi connectivity index (χ4n) is 4.17. The van der Waals surface area contributed by atoms with Crippen LogP contribution in [0.3, 0.4) is 0 Å². The van der Waals surface area contributed by atoms with E-state index in [1.807, 2.05) is 4.68 Å². The molecule has 1 saturated heterocycles. The Labute approximate surface area is 135 Å². The second-order valence-corrected chi connectivity index (χ2v) is 7.25. The lowest BCUT2D eigenvalue weighted by atomic mass is 10.0. The summed E-state index contributed by atoms with van der Waals surface area (Å²) in [5, 5.41) is 5.11. The topological polar surface area (TPSA) is 66.8 Å². The summed E-state index contributed by atoms with van der Waals surface area (Å²) < 4.78 is 1.98. The molecule has 0 bridgehead atoms. The summed E-state index contributed by atoms with van der Waals surface area (Å²) in [6.45, 7) is 2.11. The van der Waals surface area contributed by atoms with E-state index >= 15 is 0 Å². The van der Waals surface area contributed by atoms with Crippen LogP contribution in [0.1, 0.15) is 50.4 Å². The van der Waals surface area contributed by atoms with Crippen molar-refractivity contribution in [3.8, 4) is 0 Å². The number of aromatic nitrogens is 4. The number of fused-ring (bicyclic) bond motifs is 1. The standard InChI is InChI=1S/C17H25N5O/c1-21-8-4-7-13(11-21)22-16-14(10-18-22)17(23)20-15(19-16)9-12-5-2-3-6-12/h10,12-13H,2-9,11H2,1H3,(H,19,20,23). The van der Waals surface area contributed by atoms with Gasteiger partial charge < -0.3 is 9.88 Å². The van der Waals surface area contributed by atoms with Crippen molar-refractivity contribution in [3.05, 3.63) is 22.4 Å². The van der Waals surface area contributed by atoms with Crippen LogP contribution in [0.4, 0.5) is 0 Å². The average Bonchev–Trinajstić information content (AvgIpc) is 3.17. The maximum absolute atomic E-state index is 12.4. The quantitative estimate of drug-likeness (QED) is 0.942.